The molecule has 6 heteroatoms. The molecule has 0 aromatic carbocycles. The van der Waals surface area contributed by atoms with Crippen LogP contribution in [0.3, 0.4) is 0 Å². The molecular weight excluding hydrogens is 210 g/mol. The molecule has 0 bridgehead atoms. The third-order valence-corrected chi connectivity index (χ3v) is 2.25. The maximum atomic E-state index is 11.0. The molecule has 16 heavy (non-hydrogen) atoms. The van der Waals surface area contributed by atoms with E-state index in [-0.39, 0.29) is 6.03 Å². The molecule has 1 rings (SSSR count). The number of nitrogens with one attached hydrogen (secondary N) is 1. The zero-order valence-electron chi connectivity index (χ0n) is 9.90. The smallest absolute Gasteiger partial charge is 0.320 e. The van der Waals surface area contributed by atoms with Crippen LogP contribution in [-0.4, -0.2) is 48.2 Å². The van der Waals surface area contributed by atoms with Gasteiger partial charge in [-0.3, -0.25) is 4.79 Å². The minimum absolute atomic E-state index is 0.0692. The molecule has 1 aliphatic rings. The van der Waals surface area contributed by atoms with E-state index in [1.807, 2.05) is 4.90 Å². The number of aliphatic carboxylic acids is 1. The number of carbonyl (C=O) groups excluding carboxylic acids is 1. The zero-order valence-corrected chi connectivity index (χ0v) is 9.90. The van der Waals surface area contributed by atoms with E-state index in [2.05, 4.69) is 5.32 Å². The van der Waals surface area contributed by atoms with Crippen molar-refractivity contribution in [2.75, 3.05) is 20.1 Å². The molecule has 1 saturated heterocycles. The predicted octanol–water partition coefficient (Wildman–Crippen LogP) is 0.230. The molecule has 0 spiro atoms. The van der Waals surface area contributed by atoms with Crippen molar-refractivity contribution in [2.24, 2.45) is 5.73 Å². The zero-order chi connectivity index (χ0) is 12.6. The average Bonchev–Trinajstić information content (AvgIpc) is 2.30. The van der Waals surface area contributed by atoms with Gasteiger partial charge in [-0.05, 0) is 26.2 Å². The SMILES string of the molecule is CNC(=O)N1CCCCC1.C[C@H](N)C(=O)O. The van der Waals surface area contributed by atoms with Crippen molar-refractivity contribution in [3.05, 3.63) is 0 Å². The minimum Gasteiger partial charge on any atom is -0.480 e. The summed E-state index contributed by atoms with van der Waals surface area (Å²) in [4.78, 5) is 22.4. The molecule has 1 atom stereocenters. The monoisotopic (exact) mass is 231 g/mol. The number of nitrogens with two attached hydrogens (primary N) is 1. The molecule has 4 N–H and O–H groups in total. The molecule has 1 aliphatic heterocycles. The third kappa shape index (κ3) is 6.23. The van der Waals surface area contributed by atoms with Crippen molar-refractivity contribution < 1.29 is 14.7 Å². The van der Waals surface area contributed by atoms with E-state index in [9.17, 15) is 9.59 Å². The number of hydrogen-bond donors (Lipinski definition) is 3. The third-order valence-electron chi connectivity index (χ3n) is 2.25. The molecule has 0 unspecified atom stereocenters. The Morgan fingerprint density at radius 3 is 2.06 bits per heavy atom. The summed E-state index contributed by atoms with van der Waals surface area (Å²) in [5.41, 5.74) is 4.84. The predicted molar refractivity (Wildman–Crippen MR) is 61.2 cm³/mol. The van der Waals surface area contributed by atoms with E-state index in [4.69, 9.17) is 10.8 Å². The van der Waals surface area contributed by atoms with E-state index in [1.54, 1.807) is 7.05 Å². The van der Waals surface area contributed by atoms with Gasteiger partial charge < -0.3 is 21.1 Å². The summed E-state index contributed by atoms with van der Waals surface area (Å²) in [6.07, 6.45) is 3.59. The van der Waals surface area contributed by atoms with Crippen LogP contribution in [0.1, 0.15) is 26.2 Å². The quantitative estimate of drug-likeness (QED) is 0.602. The molecule has 1 heterocycles. The summed E-state index contributed by atoms with van der Waals surface area (Å²) in [7, 11) is 1.68. The molecular formula is C10H21N3O3. The second kappa shape index (κ2) is 7.92. The maximum absolute atomic E-state index is 11.0. The number of carboxylic acids is 1. The van der Waals surface area contributed by atoms with Gasteiger partial charge in [-0.2, -0.15) is 0 Å². The topological polar surface area (TPSA) is 95.7 Å². The number of rotatable bonds is 1. The van der Waals surface area contributed by atoms with Gasteiger partial charge in [-0.15, -0.1) is 0 Å². The van der Waals surface area contributed by atoms with Crippen LogP contribution in [0.25, 0.3) is 0 Å². The molecule has 0 aromatic rings. The number of urea groups is 1. The molecule has 2 amide bonds. The molecule has 0 aliphatic carbocycles. The standard InChI is InChI=1S/C7H14N2O.C3H7NO2/c1-8-7(10)9-5-3-2-4-6-9;1-2(4)3(5)6/h2-6H2,1H3,(H,8,10);2H,4H2,1H3,(H,5,6)/t;2-/m.0/s1. The van der Waals surface area contributed by atoms with Crippen LogP contribution in [0.5, 0.6) is 0 Å². The van der Waals surface area contributed by atoms with Crippen LogP contribution >= 0.6 is 0 Å². The summed E-state index contributed by atoms with van der Waals surface area (Å²) in [6, 6.07) is -0.662. The van der Waals surface area contributed by atoms with Gasteiger partial charge in [0.15, 0.2) is 0 Å². The fourth-order valence-corrected chi connectivity index (χ4v) is 1.26. The van der Waals surface area contributed by atoms with Crippen molar-refractivity contribution in [1.82, 2.24) is 10.2 Å². The Kier molecular flexibility index (Phi) is 7.28. The van der Waals surface area contributed by atoms with Crippen LogP contribution in [0, 0.1) is 0 Å². The van der Waals surface area contributed by atoms with Gasteiger partial charge in [0.1, 0.15) is 6.04 Å². The lowest BCUT2D eigenvalue weighted by Gasteiger charge is -2.25. The average molecular weight is 231 g/mol. The molecule has 6 nitrogen and oxygen atoms in total. The second-order valence-corrected chi connectivity index (χ2v) is 3.73. The van der Waals surface area contributed by atoms with Crippen molar-refractivity contribution in [3.8, 4) is 0 Å². The first kappa shape index (κ1) is 14.7. The van der Waals surface area contributed by atoms with Crippen LogP contribution in [-0.2, 0) is 4.79 Å². The number of likely N-dealkylation sites (tertiary alicyclic amines) is 1. The van der Waals surface area contributed by atoms with E-state index in [0.29, 0.717) is 0 Å². The highest BCUT2D eigenvalue weighted by atomic mass is 16.4. The maximum Gasteiger partial charge on any atom is 0.320 e. The largest absolute Gasteiger partial charge is 0.480 e. The van der Waals surface area contributed by atoms with Gasteiger partial charge in [0, 0.05) is 20.1 Å². The summed E-state index contributed by atoms with van der Waals surface area (Å²) in [5, 5.41) is 10.5. The van der Waals surface area contributed by atoms with Gasteiger partial charge in [-0.25, -0.2) is 4.79 Å². The normalized spacial score (nSPS) is 16.8. The lowest BCUT2D eigenvalue weighted by molar-refractivity contribution is -0.138. The first-order valence-corrected chi connectivity index (χ1v) is 5.44. The van der Waals surface area contributed by atoms with E-state index < -0.39 is 12.0 Å². The Morgan fingerprint density at radius 2 is 1.75 bits per heavy atom. The van der Waals surface area contributed by atoms with E-state index >= 15 is 0 Å². The molecule has 94 valence electrons. The van der Waals surface area contributed by atoms with Crippen LogP contribution < -0.4 is 11.1 Å². The Labute approximate surface area is 95.8 Å². The van der Waals surface area contributed by atoms with Gasteiger partial charge in [0.2, 0.25) is 0 Å². The van der Waals surface area contributed by atoms with Crippen molar-refractivity contribution in [3.63, 3.8) is 0 Å². The van der Waals surface area contributed by atoms with Crippen molar-refractivity contribution >= 4 is 12.0 Å². The van der Waals surface area contributed by atoms with Gasteiger partial charge in [0.05, 0.1) is 0 Å². The first-order valence-electron chi connectivity index (χ1n) is 5.44. The van der Waals surface area contributed by atoms with Gasteiger partial charge in [-0.1, -0.05) is 0 Å². The highest BCUT2D eigenvalue weighted by Crippen LogP contribution is 2.07. The van der Waals surface area contributed by atoms with E-state index in [1.165, 1.54) is 13.3 Å². The number of carbonyl (C=O) groups is 2. The number of hydrogen-bond acceptors (Lipinski definition) is 3. The lowest BCUT2D eigenvalue weighted by atomic mass is 10.1. The van der Waals surface area contributed by atoms with Crippen molar-refractivity contribution in [2.45, 2.75) is 32.2 Å². The van der Waals surface area contributed by atoms with Crippen LogP contribution in [0.4, 0.5) is 4.79 Å². The molecule has 0 radical (unpaired) electrons. The summed E-state index contributed by atoms with van der Waals surface area (Å²) in [6.45, 7) is 3.28. The number of piperidine rings is 1. The summed E-state index contributed by atoms with van der Waals surface area (Å²) in [5.74, 6) is -0.963. The van der Waals surface area contributed by atoms with Crippen LogP contribution in [0.15, 0.2) is 0 Å². The van der Waals surface area contributed by atoms with Gasteiger partial charge in [0.25, 0.3) is 0 Å². The Hall–Kier alpha value is -1.30. The van der Waals surface area contributed by atoms with Crippen molar-refractivity contribution in [1.29, 1.82) is 0 Å². The minimum atomic E-state index is -0.963. The summed E-state index contributed by atoms with van der Waals surface area (Å²) < 4.78 is 0. The summed E-state index contributed by atoms with van der Waals surface area (Å²) >= 11 is 0. The fraction of sp³-hybridized carbons (Fsp3) is 0.800. The van der Waals surface area contributed by atoms with E-state index in [0.717, 1.165) is 25.9 Å². The molecule has 0 aromatic heterocycles. The number of amides is 2. The molecule has 1 fully saturated rings. The van der Waals surface area contributed by atoms with Crippen LogP contribution in [0.2, 0.25) is 0 Å². The highest BCUT2D eigenvalue weighted by molar-refractivity contribution is 5.73. The first-order chi connectivity index (χ1) is 7.49. The Balaban J connectivity index is 0.000000325. The second-order valence-electron chi connectivity index (χ2n) is 3.73. The number of carboxylic acid groups (broad SMARTS) is 1. The number of nitrogens with zero attached hydrogens (tertiary/aromatic N) is 1. The molecule has 0 saturated carbocycles. The Bertz CT molecular complexity index is 225. The Morgan fingerprint density at radius 1 is 1.31 bits per heavy atom. The van der Waals surface area contributed by atoms with Gasteiger partial charge >= 0.3 is 12.0 Å². The fourth-order valence-electron chi connectivity index (χ4n) is 1.26. The lowest BCUT2D eigenvalue weighted by Crippen LogP contribution is -2.41. The highest BCUT2D eigenvalue weighted by Gasteiger charge is 2.13.